The van der Waals surface area contributed by atoms with Crippen molar-refractivity contribution in [1.82, 2.24) is 15.0 Å². The third-order valence-corrected chi connectivity index (χ3v) is 7.14. The number of pyridine rings is 1. The van der Waals surface area contributed by atoms with E-state index in [-0.39, 0.29) is 24.8 Å². The summed E-state index contributed by atoms with van der Waals surface area (Å²) in [6.45, 7) is 5.92. The molecule has 2 aromatic carbocycles. The lowest BCUT2D eigenvalue weighted by atomic mass is 10.1. The van der Waals surface area contributed by atoms with Gasteiger partial charge in [0.05, 0.1) is 42.1 Å². The Hall–Kier alpha value is -3.37. The SMILES string of the molecule is Cc1ccc(C(O)CNc2cc[nH]c(=O)c2-c2nc3c(C)cc(N4CCOC(CO)C4)cc3[nH]2)cc1Cl. The molecule has 1 aliphatic rings. The molecule has 37 heavy (non-hydrogen) atoms. The Bertz CT molecular complexity index is 1480. The van der Waals surface area contributed by atoms with E-state index in [2.05, 4.69) is 26.3 Å². The molecule has 2 atom stereocenters. The van der Waals surface area contributed by atoms with Crippen LogP contribution in [0.1, 0.15) is 22.8 Å². The maximum atomic E-state index is 12.9. The fraction of sp³-hybridized carbons (Fsp3) is 0.333. The number of imidazole rings is 1. The van der Waals surface area contributed by atoms with Gasteiger partial charge in [-0.3, -0.25) is 4.79 Å². The zero-order valence-electron chi connectivity index (χ0n) is 20.7. The van der Waals surface area contributed by atoms with Gasteiger partial charge in [-0.25, -0.2) is 4.98 Å². The molecule has 194 valence electrons. The number of benzene rings is 2. The third kappa shape index (κ3) is 5.21. The molecule has 5 rings (SSSR count). The van der Waals surface area contributed by atoms with Gasteiger partial charge < -0.3 is 35.1 Å². The van der Waals surface area contributed by atoms with Crippen molar-refractivity contribution < 1.29 is 14.9 Å². The Kier molecular flexibility index (Phi) is 7.21. The van der Waals surface area contributed by atoms with Gasteiger partial charge >= 0.3 is 0 Å². The van der Waals surface area contributed by atoms with Crippen molar-refractivity contribution in [2.75, 3.05) is 43.1 Å². The predicted octanol–water partition coefficient (Wildman–Crippen LogP) is 3.53. The number of fused-ring (bicyclic) bond motifs is 1. The molecule has 3 heterocycles. The van der Waals surface area contributed by atoms with Crippen molar-refractivity contribution in [3.05, 3.63) is 74.7 Å². The van der Waals surface area contributed by atoms with Crippen LogP contribution in [0.25, 0.3) is 22.4 Å². The molecular weight excluding hydrogens is 494 g/mol. The van der Waals surface area contributed by atoms with Crippen LogP contribution < -0.4 is 15.8 Å². The van der Waals surface area contributed by atoms with Crippen LogP contribution in [-0.2, 0) is 4.74 Å². The summed E-state index contributed by atoms with van der Waals surface area (Å²) in [4.78, 5) is 25.9. The lowest BCUT2D eigenvalue weighted by molar-refractivity contribution is 0.00357. The van der Waals surface area contributed by atoms with Crippen LogP contribution in [0.2, 0.25) is 5.02 Å². The zero-order valence-corrected chi connectivity index (χ0v) is 21.5. The summed E-state index contributed by atoms with van der Waals surface area (Å²) < 4.78 is 5.58. The molecule has 4 aromatic rings. The fourth-order valence-electron chi connectivity index (χ4n) is 4.64. The van der Waals surface area contributed by atoms with Gasteiger partial charge in [0.25, 0.3) is 5.56 Å². The number of halogens is 1. The number of aromatic amines is 2. The van der Waals surface area contributed by atoms with E-state index in [0.29, 0.717) is 40.8 Å². The molecule has 0 bridgehead atoms. The molecule has 0 aliphatic carbocycles. The number of hydrogen-bond donors (Lipinski definition) is 5. The average Bonchev–Trinajstić information content (AvgIpc) is 3.33. The molecule has 9 nitrogen and oxygen atoms in total. The maximum Gasteiger partial charge on any atom is 0.261 e. The van der Waals surface area contributed by atoms with Gasteiger partial charge in [0.15, 0.2) is 0 Å². The van der Waals surface area contributed by atoms with Crippen LogP contribution in [0.15, 0.2) is 47.4 Å². The minimum atomic E-state index is -0.818. The Balaban J connectivity index is 1.43. The summed E-state index contributed by atoms with van der Waals surface area (Å²) >= 11 is 6.22. The van der Waals surface area contributed by atoms with Gasteiger partial charge in [-0.15, -0.1) is 0 Å². The van der Waals surface area contributed by atoms with E-state index in [1.807, 2.05) is 32.0 Å². The highest BCUT2D eigenvalue weighted by Crippen LogP contribution is 2.30. The number of anilines is 2. The van der Waals surface area contributed by atoms with Crippen molar-refractivity contribution >= 4 is 34.0 Å². The van der Waals surface area contributed by atoms with E-state index in [9.17, 15) is 15.0 Å². The van der Waals surface area contributed by atoms with E-state index in [4.69, 9.17) is 21.3 Å². The van der Waals surface area contributed by atoms with Crippen molar-refractivity contribution in [1.29, 1.82) is 0 Å². The van der Waals surface area contributed by atoms with E-state index in [0.717, 1.165) is 34.4 Å². The number of H-pyrrole nitrogens is 2. The average molecular weight is 524 g/mol. The maximum absolute atomic E-state index is 12.9. The van der Waals surface area contributed by atoms with Gasteiger partial charge in [0, 0.05) is 36.5 Å². The normalized spacial score (nSPS) is 16.8. The lowest BCUT2D eigenvalue weighted by Gasteiger charge is -2.33. The second kappa shape index (κ2) is 10.5. The summed E-state index contributed by atoms with van der Waals surface area (Å²) in [7, 11) is 0. The number of nitrogens with zero attached hydrogens (tertiary/aromatic N) is 2. The van der Waals surface area contributed by atoms with E-state index < -0.39 is 6.10 Å². The predicted molar refractivity (Wildman–Crippen MR) is 146 cm³/mol. The molecule has 5 N–H and O–H groups in total. The van der Waals surface area contributed by atoms with Crippen molar-refractivity contribution in [3.8, 4) is 11.4 Å². The number of aryl methyl sites for hydroxylation is 2. The number of aliphatic hydroxyl groups excluding tert-OH is 2. The number of rotatable bonds is 7. The Labute approximate surface area is 219 Å². The van der Waals surface area contributed by atoms with Gasteiger partial charge in [-0.05, 0) is 54.8 Å². The number of morpholine rings is 1. The van der Waals surface area contributed by atoms with Gasteiger partial charge in [-0.2, -0.15) is 0 Å². The number of nitrogens with one attached hydrogen (secondary N) is 3. The van der Waals surface area contributed by atoms with Gasteiger partial charge in [-0.1, -0.05) is 23.7 Å². The number of ether oxygens (including phenoxy) is 1. The van der Waals surface area contributed by atoms with Crippen LogP contribution in [0.3, 0.4) is 0 Å². The van der Waals surface area contributed by atoms with E-state index >= 15 is 0 Å². The van der Waals surface area contributed by atoms with Gasteiger partial charge in [0.2, 0.25) is 0 Å². The summed E-state index contributed by atoms with van der Waals surface area (Å²) in [5, 5.41) is 24.0. The first-order chi connectivity index (χ1) is 17.8. The summed E-state index contributed by atoms with van der Waals surface area (Å²) in [5.41, 5.74) is 5.79. The van der Waals surface area contributed by atoms with E-state index in [1.54, 1.807) is 18.3 Å². The Morgan fingerprint density at radius 2 is 2.08 bits per heavy atom. The summed E-state index contributed by atoms with van der Waals surface area (Å²) in [6, 6.07) is 11.3. The van der Waals surface area contributed by atoms with Crippen molar-refractivity contribution in [2.45, 2.75) is 26.1 Å². The smallest absolute Gasteiger partial charge is 0.261 e. The first-order valence-corrected chi connectivity index (χ1v) is 12.6. The molecular formula is C27H30ClN5O4. The minimum Gasteiger partial charge on any atom is -0.394 e. The number of aliphatic hydroxyl groups is 2. The van der Waals surface area contributed by atoms with Crippen molar-refractivity contribution in [3.63, 3.8) is 0 Å². The highest BCUT2D eigenvalue weighted by Gasteiger charge is 2.22. The Morgan fingerprint density at radius 3 is 2.86 bits per heavy atom. The highest BCUT2D eigenvalue weighted by molar-refractivity contribution is 6.31. The first-order valence-electron chi connectivity index (χ1n) is 12.2. The topological polar surface area (TPSA) is 126 Å². The molecule has 1 fully saturated rings. The highest BCUT2D eigenvalue weighted by atomic mass is 35.5. The van der Waals surface area contributed by atoms with E-state index in [1.165, 1.54) is 0 Å². The fourth-order valence-corrected chi connectivity index (χ4v) is 4.83. The van der Waals surface area contributed by atoms with Gasteiger partial charge in [0.1, 0.15) is 11.4 Å². The standard InChI is InChI=1S/C27H30ClN5O4/c1-15-3-4-17(10-20(15)28)23(35)12-30-21-5-6-29-27(36)24(21)26-31-22-11-18(9-16(2)25(22)32-26)33-7-8-37-19(13-33)14-34/h3-6,9-11,19,23,34-35H,7-8,12-14H2,1-2H3,(H,31,32)(H2,29,30,36). The molecule has 0 radical (unpaired) electrons. The second-order valence-electron chi connectivity index (χ2n) is 9.37. The second-order valence-corrected chi connectivity index (χ2v) is 9.77. The van der Waals surface area contributed by atoms with Crippen LogP contribution in [0.5, 0.6) is 0 Å². The monoisotopic (exact) mass is 523 g/mol. The molecule has 0 saturated carbocycles. The zero-order chi connectivity index (χ0) is 26.1. The number of hydrogen-bond acceptors (Lipinski definition) is 7. The molecule has 10 heteroatoms. The largest absolute Gasteiger partial charge is 0.394 e. The molecule has 0 spiro atoms. The number of aromatic nitrogens is 3. The lowest BCUT2D eigenvalue weighted by Crippen LogP contribution is -2.44. The molecule has 2 unspecified atom stereocenters. The third-order valence-electron chi connectivity index (χ3n) is 6.73. The van der Waals surface area contributed by atoms with Crippen LogP contribution in [0.4, 0.5) is 11.4 Å². The van der Waals surface area contributed by atoms with Crippen molar-refractivity contribution in [2.24, 2.45) is 0 Å². The van der Waals surface area contributed by atoms with Crippen LogP contribution >= 0.6 is 11.6 Å². The Morgan fingerprint density at radius 1 is 1.24 bits per heavy atom. The molecule has 1 aliphatic heterocycles. The summed E-state index contributed by atoms with van der Waals surface area (Å²) in [5.74, 6) is 0.433. The quantitative estimate of drug-likeness (QED) is 0.251. The minimum absolute atomic E-state index is 0.0237. The molecule has 0 amide bonds. The molecule has 1 saturated heterocycles. The summed E-state index contributed by atoms with van der Waals surface area (Å²) in [6.07, 6.45) is 0.526. The first kappa shape index (κ1) is 25.3. The van der Waals surface area contributed by atoms with Crippen LogP contribution in [0, 0.1) is 13.8 Å². The molecule has 2 aromatic heterocycles. The van der Waals surface area contributed by atoms with Crippen LogP contribution in [-0.4, -0.2) is 64.1 Å².